The Morgan fingerprint density at radius 1 is 1.12 bits per heavy atom. The molecule has 0 radical (unpaired) electrons. The van der Waals surface area contributed by atoms with Crippen LogP contribution in [-0.2, 0) is 6.54 Å². The summed E-state index contributed by atoms with van der Waals surface area (Å²) in [6, 6.07) is 8.60. The second kappa shape index (κ2) is 5.53. The van der Waals surface area contributed by atoms with E-state index < -0.39 is 0 Å². The molecule has 0 spiro atoms. The third-order valence-electron chi connectivity index (χ3n) is 3.01. The van der Waals surface area contributed by atoms with E-state index in [2.05, 4.69) is 57.9 Å². The van der Waals surface area contributed by atoms with Gasteiger partial charge in [0.2, 0.25) is 0 Å². The van der Waals surface area contributed by atoms with E-state index in [9.17, 15) is 0 Å². The molecule has 16 heavy (non-hydrogen) atoms. The maximum atomic E-state index is 3.59. The summed E-state index contributed by atoms with van der Waals surface area (Å²) in [5.74, 6) is 0. The number of aromatic nitrogens is 1. The fraction of sp³-hybridized carbons (Fsp3) is 0.429. The van der Waals surface area contributed by atoms with Crippen LogP contribution in [0.5, 0.6) is 0 Å². The van der Waals surface area contributed by atoms with Crippen molar-refractivity contribution >= 4 is 26.8 Å². The molecule has 2 rings (SSSR count). The van der Waals surface area contributed by atoms with Gasteiger partial charge in [-0.25, -0.2) is 0 Å². The van der Waals surface area contributed by atoms with Gasteiger partial charge in [0.1, 0.15) is 0 Å². The predicted octanol–water partition coefficient (Wildman–Crippen LogP) is 4.98. The first-order chi connectivity index (χ1) is 7.83. The summed E-state index contributed by atoms with van der Waals surface area (Å²) in [5, 5.41) is 1.32. The van der Waals surface area contributed by atoms with Gasteiger partial charge in [0.15, 0.2) is 0 Å². The van der Waals surface area contributed by atoms with E-state index in [1.165, 1.54) is 41.1 Å². The van der Waals surface area contributed by atoms with Crippen LogP contribution in [0.4, 0.5) is 0 Å². The Morgan fingerprint density at radius 3 is 2.81 bits per heavy atom. The van der Waals surface area contributed by atoms with E-state index in [0.717, 1.165) is 6.54 Å². The van der Waals surface area contributed by atoms with Crippen molar-refractivity contribution in [1.82, 2.24) is 4.57 Å². The number of hydrogen-bond acceptors (Lipinski definition) is 0. The fourth-order valence-corrected chi connectivity index (χ4v) is 2.58. The number of nitrogens with zero attached hydrogens (tertiary/aromatic N) is 1. The third-order valence-corrected chi connectivity index (χ3v) is 3.70. The van der Waals surface area contributed by atoms with Gasteiger partial charge in [-0.15, -0.1) is 0 Å². The average molecular weight is 280 g/mol. The Balaban J connectivity index is 2.10. The first-order valence-electron chi connectivity index (χ1n) is 6.06. The average Bonchev–Trinajstić information content (AvgIpc) is 2.70. The Labute approximate surface area is 106 Å². The van der Waals surface area contributed by atoms with Crippen LogP contribution in [0.1, 0.15) is 32.6 Å². The Morgan fingerprint density at radius 2 is 2.00 bits per heavy atom. The van der Waals surface area contributed by atoms with Crippen LogP contribution in [0.3, 0.4) is 0 Å². The highest BCUT2D eigenvalue weighted by atomic mass is 79.9. The standard InChI is InChI=1S/C14H18BrN/c1-2-3-4-5-10-16-11-9-12-13(15)7-6-8-14(12)16/h6-9,11H,2-5,10H2,1H3. The van der Waals surface area contributed by atoms with Gasteiger partial charge >= 0.3 is 0 Å². The van der Waals surface area contributed by atoms with Gasteiger partial charge in [0, 0.05) is 28.1 Å². The number of rotatable bonds is 5. The molecule has 0 aliphatic carbocycles. The zero-order valence-electron chi connectivity index (χ0n) is 9.75. The minimum atomic E-state index is 1.14. The molecule has 2 heteroatoms. The van der Waals surface area contributed by atoms with Crippen LogP contribution < -0.4 is 0 Å². The van der Waals surface area contributed by atoms with Crippen molar-refractivity contribution in [2.75, 3.05) is 0 Å². The molecule has 1 nitrogen and oxygen atoms in total. The molecule has 1 heterocycles. The first kappa shape index (κ1) is 11.7. The van der Waals surface area contributed by atoms with Gasteiger partial charge in [0.25, 0.3) is 0 Å². The lowest BCUT2D eigenvalue weighted by Gasteiger charge is -2.05. The molecule has 0 fully saturated rings. The van der Waals surface area contributed by atoms with E-state index >= 15 is 0 Å². The molecule has 0 bridgehead atoms. The molecular formula is C14H18BrN. The topological polar surface area (TPSA) is 4.93 Å². The van der Waals surface area contributed by atoms with Crippen molar-refractivity contribution < 1.29 is 0 Å². The third kappa shape index (κ3) is 2.49. The lowest BCUT2D eigenvalue weighted by atomic mass is 10.2. The fourth-order valence-electron chi connectivity index (χ4n) is 2.09. The second-order valence-electron chi connectivity index (χ2n) is 4.24. The number of benzene rings is 1. The van der Waals surface area contributed by atoms with E-state index in [0.29, 0.717) is 0 Å². The summed E-state index contributed by atoms with van der Waals surface area (Å²) in [6.07, 6.45) is 7.47. The molecule has 1 aromatic carbocycles. The van der Waals surface area contributed by atoms with Gasteiger partial charge in [-0.1, -0.05) is 48.2 Å². The van der Waals surface area contributed by atoms with Crippen LogP contribution >= 0.6 is 15.9 Å². The summed E-state index contributed by atoms with van der Waals surface area (Å²) in [6.45, 7) is 3.39. The number of fused-ring (bicyclic) bond motifs is 1. The lowest BCUT2D eigenvalue weighted by Crippen LogP contribution is -1.95. The molecule has 0 aliphatic rings. The normalized spacial score (nSPS) is 11.1. The summed E-state index contributed by atoms with van der Waals surface area (Å²) >= 11 is 3.59. The molecule has 0 amide bonds. The maximum absolute atomic E-state index is 3.59. The smallest absolute Gasteiger partial charge is 0.0491 e. The highest BCUT2D eigenvalue weighted by molar-refractivity contribution is 9.10. The molecule has 0 unspecified atom stereocenters. The van der Waals surface area contributed by atoms with E-state index in [1.807, 2.05) is 0 Å². The highest BCUT2D eigenvalue weighted by Crippen LogP contribution is 2.24. The SMILES string of the molecule is CCCCCCn1ccc2c(Br)cccc21. The quantitative estimate of drug-likeness (QED) is 0.680. The molecule has 1 aromatic heterocycles. The monoisotopic (exact) mass is 279 g/mol. The predicted molar refractivity (Wildman–Crippen MR) is 73.8 cm³/mol. The molecule has 0 saturated heterocycles. The molecule has 0 saturated carbocycles. The van der Waals surface area contributed by atoms with Crippen molar-refractivity contribution in [2.24, 2.45) is 0 Å². The van der Waals surface area contributed by atoms with Crippen molar-refractivity contribution in [3.63, 3.8) is 0 Å². The van der Waals surface area contributed by atoms with Gasteiger partial charge in [-0.2, -0.15) is 0 Å². The van der Waals surface area contributed by atoms with Crippen LogP contribution in [0.2, 0.25) is 0 Å². The van der Waals surface area contributed by atoms with E-state index in [4.69, 9.17) is 0 Å². The Kier molecular flexibility index (Phi) is 4.05. The number of unbranched alkanes of at least 4 members (excludes halogenated alkanes) is 3. The summed E-state index contributed by atoms with van der Waals surface area (Å²) < 4.78 is 3.55. The van der Waals surface area contributed by atoms with Crippen molar-refractivity contribution in [1.29, 1.82) is 0 Å². The van der Waals surface area contributed by atoms with Gasteiger partial charge < -0.3 is 4.57 Å². The molecule has 0 aliphatic heterocycles. The van der Waals surface area contributed by atoms with Gasteiger partial charge in [-0.05, 0) is 24.6 Å². The van der Waals surface area contributed by atoms with Gasteiger partial charge in [-0.3, -0.25) is 0 Å². The zero-order valence-corrected chi connectivity index (χ0v) is 11.3. The minimum absolute atomic E-state index is 1.14. The van der Waals surface area contributed by atoms with Crippen LogP contribution in [0.15, 0.2) is 34.9 Å². The molecular weight excluding hydrogens is 262 g/mol. The molecule has 0 atom stereocenters. The Bertz CT molecular complexity index is 459. The number of halogens is 1. The largest absolute Gasteiger partial charge is 0.347 e. The first-order valence-corrected chi connectivity index (χ1v) is 6.85. The van der Waals surface area contributed by atoms with Crippen LogP contribution in [0.25, 0.3) is 10.9 Å². The zero-order chi connectivity index (χ0) is 11.4. The molecule has 0 N–H and O–H groups in total. The van der Waals surface area contributed by atoms with E-state index in [1.54, 1.807) is 0 Å². The van der Waals surface area contributed by atoms with E-state index in [-0.39, 0.29) is 0 Å². The summed E-state index contributed by atoms with van der Waals surface area (Å²) in [4.78, 5) is 0. The molecule has 2 aromatic rings. The summed E-state index contributed by atoms with van der Waals surface area (Å²) in [7, 11) is 0. The lowest BCUT2D eigenvalue weighted by molar-refractivity contribution is 0.593. The number of hydrogen-bond donors (Lipinski definition) is 0. The van der Waals surface area contributed by atoms with Crippen LogP contribution in [0, 0.1) is 0 Å². The second-order valence-corrected chi connectivity index (χ2v) is 5.10. The molecule has 86 valence electrons. The van der Waals surface area contributed by atoms with Crippen molar-refractivity contribution in [2.45, 2.75) is 39.2 Å². The highest BCUT2D eigenvalue weighted by Gasteiger charge is 2.02. The van der Waals surface area contributed by atoms with Gasteiger partial charge in [0.05, 0.1) is 0 Å². The van der Waals surface area contributed by atoms with Crippen molar-refractivity contribution in [3.8, 4) is 0 Å². The summed E-state index contributed by atoms with van der Waals surface area (Å²) in [5.41, 5.74) is 1.34. The number of aryl methyl sites for hydroxylation is 1. The van der Waals surface area contributed by atoms with Crippen LogP contribution in [-0.4, -0.2) is 4.57 Å². The van der Waals surface area contributed by atoms with Crippen molar-refractivity contribution in [3.05, 3.63) is 34.9 Å². The maximum Gasteiger partial charge on any atom is 0.0491 e. The minimum Gasteiger partial charge on any atom is -0.347 e. The Hall–Kier alpha value is -0.760.